The standard InChI is InChI=1S/C12H15F2NO2/c1-3-17-11(16)10(14)12(2,15)8-6-4-5-7-9(8)13/h4-7,10H,3,15H2,1-2H3/t10-,12+/m0/s1. The maximum Gasteiger partial charge on any atom is 0.343 e. The molecule has 0 aliphatic heterocycles. The summed E-state index contributed by atoms with van der Waals surface area (Å²) in [5.41, 5.74) is 3.89. The quantitative estimate of drug-likeness (QED) is 0.822. The fourth-order valence-electron chi connectivity index (χ4n) is 1.49. The lowest BCUT2D eigenvalue weighted by atomic mass is 9.88. The molecule has 0 aromatic heterocycles. The van der Waals surface area contributed by atoms with Crippen LogP contribution in [0.15, 0.2) is 24.3 Å². The van der Waals surface area contributed by atoms with Crippen molar-refractivity contribution in [3.63, 3.8) is 0 Å². The molecule has 1 rings (SSSR count). The normalized spacial score (nSPS) is 16.1. The van der Waals surface area contributed by atoms with Crippen molar-refractivity contribution >= 4 is 5.97 Å². The molecular weight excluding hydrogens is 228 g/mol. The van der Waals surface area contributed by atoms with Gasteiger partial charge < -0.3 is 10.5 Å². The van der Waals surface area contributed by atoms with Crippen molar-refractivity contribution in [2.75, 3.05) is 6.61 Å². The van der Waals surface area contributed by atoms with Crippen molar-refractivity contribution in [2.45, 2.75) is 25.6 Å². The fourth-order valence-corrected chi connectivity index (χ4v) is 1.49. The minimum Gasteiger partial charge on any atom is -0.464 e. The molecule has 1 aromatic carbocycles. The highest BCUT2D eigenvalue weighted by Crippen LogP contribution is 2.27. The van der Waals surface area contributed by atoms with Gasteiger partial charge in [0, 0.05) is 5.56 Å². The molecule has 94 valence electrons. The van der Waals surface area contributed by atoms with E-state index in [4.69, 9.17) is 5.73 Å². The Balaban J connectivity index is 3.02. The first-order valence-corrected chi connectivity index (χ1v) is 5.25. The van der Waals surface area contributed by atoms with Gasteiger partial charge in [0.15, 0.2) is 0 Å². The monoisotopic (exact) mass is 243 g/mol. The molecule has 5 heteroatoms. The van der Waals surface area contributed by atoms with E-state index in [1.165, 1.54) is 25.1 Å². The van der Waals surface area contributed by atoms with Crippen LogP contribution in [-0.2, 0) is 15.1 Å². The molecule has 0 aliphatic carbocycles. The van der Waals surface area contributed by atoms with Gasteiger partial charge in [-0.05, 0) is 19.9 Å². The van der Waals surface area contributed by atoms with Gasteiger partial charge in [-0.2, -0.15) is 0 Å². The van der Waals surface area contributed by atoms with Gasteiger partial charge in [-0.15, -0.1) is 0 Å². The first kappa shape index (κ1) is 13.6. The number of carbonyl (C=O) groups is 1. The number of carbonyl (C=O) groups excluding carboxylic acids is 1. The SMILES string of the molecule is CCOC(=O)[C@H](F)[C@](C)(N)c1ccccc1F. The van der Waals surface area contributed by atoms with Gasteiger partial charge in [0.05, 0.1) is 12.1 Å². The Hall–Kier alpha value is -1.49. The average Bonchev–Trinajstić information content (AvgIpc) is 2.28. The largest absolute Gasteiger partial charge is 0.464 e. The summed E-state index contributed by atoms with van der Waals surface area (Å²) in [6, 6.07) is 5.51. The lowest BCUT2D eigenvalue weighted by Gasteiger charge is -2.27. The maximum absolute atomic E-state index is 13.9. The van der Waals surface area contributed by atoms with Crippen molar-refractivity contribution < 1.29 is 18.3 Å². The van der Waals surface area contributed by atoms with E-state index in [-0.39, 0.29) is 12.2 Å². The summed E-state index contributed by atoms with van der Waals surface area (Å²) < 4.78 is 31.9. The third-order valence-electron chi connectivity index (χ3n) is 2.47. The number of ether oxygens (including phenoxy) is 1. The van der Waals surface area contributed by atoms with Gasteiger partial charge in [0.25, 0.3) is 0 Å². The number of halogens is 2. The number of alkyl halides is 1. The summed E-state index contributed by atoms with van der Waals surface area (Å²) in [4.78, 5) is 11.3. The summed E-state index contributed by atoms with van der Waals surface area (Å²) in [6.45, 7) is 2.86. The molecule has 0 saturated carbocycles. The van der Waals surface area contributed by atoms with Crippen LogP contribution in [0.4, 0.5) is 8.78 Å². The molecule has 0 bridgehead atoms. The van der Waals surface area contributed by atoms with E-state index in [2.05, 4.69) is 4.74 Å². The van der Waals surface area contributed by atoms with E-state index in [1.54, 1.807) is 6.92 Å². The Morgan fingerprint density at radius 1 is 1.53 bits per heavy atom. The fraction of sp³-hybridized carbons (Fsp3) is 0.417. The van der Waals surface area contributed by atoms with Crippen LogP contribution in [0, 0.1) is 5.82 Å². The number of hydrogen-bond acceptors (Lipinski definition) is 3. The zero-order chi connectivity index (χ0) is 13.1. The first-order valence-electron chi connectivity index (χ1n) is 5.25. The molecular formula is C12H15F2NO2. The summed E-state index contributed by atoms with van der Waals surface area (Å²) in [5, 5.41) is 0. The predicted molar refractivity (Wildman–Crippen MR) is 59.5 cm³/mol. The van der Waals surface area contributed by atoms with Crippen LogP contribution in [-0.4, -0.2) is 18.7 Å². The van der Waals surface area contributed by atoms with Crippen molar-refractivity contribution in [1.82, 2.24) is 0 Å². The lowest BCUT2D eigenvalue weighted by molar-refractivity contribution is -0.151. The van der Waals surface area contributed by atoms with Crippen molar-refractivity contribution in [3.8, 4) is 0 Å². The molecule has 0 fully saturated rings. The highest BCUT2D eigenvalue weighted by atomic mass is 19.1. The van der Waals surface area contributed by atoms with E-state index in [0.29, 0.717) is 0 Å². The van der Waals surface area contributed by atoms with Gasteiger partial charge in [-0.25, -0.2) is 13.6 Å². The minimum absolute atomic E-state index is 0.0482. The van der Waals surface area contributed by atoms with Gasteiger partial charge in [-0.1, -0.05) is 18.2 Å². The second kappa shape index (κ2) is 5.23. The van der Waals surface area contributed by atoms with E-state index in [0.717, 1.165) is 6.07 Å². The Morgan fingerprint density at radius 3 is 2.65 bits per heavy atom. The highest BCUT2D eigenvalue weighted by molar-refractivity contribution is 5.76. The summed E-state index contributed by atoms with van der Waals surface area (Å²) in [5.74, 6) is -1.73. The molecule has 0 heterocycles. The number of esters is 1. The first-order chi connectivity index (χ1) is 7.91. The highest BCUT2D eigenvalue weighted by Gasteiger charge is 2.40. The van der Waals surface area contributed by atoms with Crippen LogP contribution in [0.3, 0.4) is 0 Å². The van der Waals surface area contributed by atoms with Crippen molar-refractivity contribution in [2.24, 2.45) is 5.73 Å². The molecule has 3 nitrogen and oxygen atoms in total. The summed E-state index contributed by atoms with van der Waals surface area (Å²) >= 11 is 0. The summed E-state index contributed by atoms with van der Waals surface area (Å²) in [6.07, 6.45) is -2.11. The van der Waals surface area contributed by atoms with Crippen LogP contribution in [0.25, 0.3) is 0 Å². The molecule has 0 radical (unpaired) electrons. The van der Waals surface area contributed by atoms with Crippen molar-refractivity contribution in [3.05, 3.63) is 35.6 Å². The van der Waals surface area contributed by atoms with E-state index in [9.17, 15) is 13.6 Å². The topological polar surface area (TPSA) is 52.3 Å². The number of benzene rings is 1. The van der Waals surface area contributed by atoms with E-state index < -0.39 is 23.5 Å². The van der Waals surface area contributed by atoms with E-state index in [1.807, 2.05) is 0 Å². The van der Waals surface area contributed by atoms with Gasteiger partial charge in [0.2, 0.25) is 6.17 Å². The Kier molecular flexibility index (Phi) is 4.17. The number of nitrogens with two attached hydrogens (primary N) is 1. The van der Waals surface area contributed by atoms with Crippen LogP contribution in [0.1, 0.15) is 19.4 Å². The van der Waals surface area contributed by atoms with Gasteiger partial charge in [0.1, 0.15) is 5.82 Å². The number of hydrogen-bond donors (Lipinski definition) is 1. The van der Waals surface area contributed by atoms with Crippen LogP contribution in [0.5, 0.6) is 0 Å². The molecule has 17 heavy (non-hydrogen) atoms. The van der Waals surface area contributed by atoms with Crippen molar-refractivity contribution in [1.29, 1.82) is 0 Å². The van der Waals surface area contributed by atoms with Crippen LogP contribution in [0.2, 0.25) is 0 Å². The second-order valence-electron chi connectivity index (χ2n) is 3.88. The second-order valence-corrected chi connectivity index (χ2v) is 3.88. The molecule has 0 saturated heterocycles. The molecule has 0 amide bonds. The Bertz CT molecular complexity index is 407. The van der Waals surface area contributed by atoms with E-state index >= 15 is 0 Å². The Labute approximate surface area is 98.6 Å². The van der Waals surface area contributed by atoms with Crippen LogP contribution >= 0.6 is 0 Å². The third-order valence-corrected chi connectivity index (χ3v) is 2.47. The van der Waals surface area contributed by atoms with Gasteiger partial charge >= 0.3 is 5.97 Å². The molecule has 0 unspecified atom stereocenters. The molecule has 2 atom stereocenters. The van der Waals surface area contributed by atoms with Gasteiger partial charge in [-0.3, -0.25) is 0 Å². The minimum atomic E-state index is -2.11. The average molecular weight is 243 g/mol. The molecule has 0 aliphatic rings. The zero-order valence-corrected chi connectivity index (χ0v) is 9.74. The number of rotatable bonds is 4. The molecule has 1 aromatic rings. The lowest BCUT2D eigenvalue weighted by Crippen LogP contribution is -2.48. The van der Waals surface area contributed by atoms with Crippen LogP contribution < -0.4 is 5.73 Å². The molecule has 2 N–H and O–H groups in total. The summed E-state index contributed by atoms with van der Waals surface area (Å²) in [7, 11) is 0. The smallest absolute Gasteiger partial charge is 0.343 e. The Morgan fingerprint density at radius 2 is 2.12 bits per heavy atom. The predicted octanol–water partition coefficient (Wildman–Crippen LogP) is 1.90. The zero-order valence-electron chi connectivity index (χ0n) is 9.74. The molecule has 0 spiro atoms. The maximum atomic E-state index is 13.9. The third kappa shape index (κ3) is 2.79.